The van der Waals surface area contributed by atoms with Gasteiger partial charge in [-0.15, -0.1) is 0 Å². The zero-order valence-electron chi connectivity index (χ0n) is 13.7. The molecule has 1 fully saturated rings. The molecule has 1 aliphatic rings. The number of hydrogen-bond acceptors (Lipinski definition) is 3. The van der Waals surface area contributed by atoms with Gasteiger partial charge in [0.2, 0.25) is 0 Å². The molecule has 1 unspecified atom stereocenters. The van der Waals surface area contributed by atoms with Gasteiger partial charge in [-0.05, 0) is 66.8 Å². The van der Waals surface area contributed by atoms with Crippen LogP contribution in [0.1, 0.15) is 57.8 Å². The lowest BCUT2D eigenvalue weighted by atomic mass is 9.70. The Bertz CT molecular complexity index is 471. The highest BCUT2D eigenvalue weighted by Gasteiger charge is 2.32. The highest BCUT2D eigenvalue weighted by atomic mass is 79.9. The second kappa shape index (κ2) is 6.80. The quantitative estimate of drug-likeness (QED) is 0.626. The third-order valence-corrected chi connectivity index (χ3v) is 6.06. The van der Waals surface area contributed by atoms with Crippen LogP contribution < -0.4 is 11.3 Å². The number of nitrogens with two attached hydrogens (primary N) is 1. The Morgan fingerprint density at radius 3 is 2.57 bits per heavy atom. The largest absolute Gasteiger partial charge is 0.271 e. The number of nitrogens with one attached hydrogen (secondary N) is 1. The van der Waals surface area contributed by atoms with E-state index in [1.54, 1.807) is 0 Å². The van der Waals surface area contributed by atoms with Crippen molar-refractivity contribution in [2.45, 2.75) is 72.4 Å². The number of hydrogen-bond donors (Lipinski definition) is 2. The van der Waals surface area contributed by atoms with Crippen LogP contribution in [0, 0.1) is 18.3 Å². The van der Waals surface area contributed by atoms with Gasteiger partial charge >= 0.3 is 0 Å². The van der Waals surface area contributed by atoms with E-state index in [9.17, 15) is 0 Å². The molecule has 1 aromatic heterocycles. The Balaban J connectivity index is 2.10. The number of aromatic nitrogens is 2. The van der Waals surface area contributed by atoms with E-state index in [-0.39, 0.29) is 0 Å². The summed E-state index contributed by atoms with van der Waals surface area (Å²) in [7, 11) is 0. The van der Waals surface area contributed by atoms with Crippen molar-refractivity contribution in [2.75, 3.05) is 0 Å². The van der Waals surface area contributed by atoms with Crippen molar-refractivity contribution in [3.05, 3.63) is 15.9 Å². The first-order chi connectivity index (χ1) is 9.88. The summed E-state index contributed by atoms with van der Waals surface area (Å²) in [6.07, 6.45) is 6.06. The van der Waals surface area contributed by atoms with E-state index in [2.05, 4.69) is 51.9 Å². The molecule has 1 atom stereocenters. The Morgan fingerprint density at radius 2 is 2.05 bits per heavy atom. The van der Waals surface area contributed by atoms with Gasteiger partial charge in [0, 0.05) is 19.0 Å². The molecule has 1 saturated carbocycles. The molecule has 3 N–H and O–H groups in total. The van der Waals surface area contributed by atoms with Crippen LogP contribution in [0.25, 0.3) is 0 Å². The molecule has 5 heteroatoms. The van der Waals surface area contributed by atoms with Gasteiger partial charge in [0.1, 0.15) is 0 Å². The molecule has 0 radical (unpaired) electrons. The summed E-state index contributed by atoms with van der Waals surface area (Å²) in [6, 6.07) is 0.332. The minimum absolute atomic E-state index is 0.332. The van der Waals surface area contributed by atoms with E-state index < -0.39 is 0 Å². The van der Waals surface area contributed by atoms with Crippen LogP contribution in [0.4, 0.5) is 0 Å². The molecule has 120 valence electrons. The van der Waals surface area contributed by atoms with Crippen LogP contribution in [0.5, 0.6) is 0 Å². The van der Waals surface area contributed by atoms with Gasteiger partial charge < -0.3 is 0 Å². The maximum absolute atomic E-state index is 5.87. The number of halogens is 1. The predicted octanol–water partition coefficient (Wildman–Crippen LogP) is 3.56. The lowest BCUT2D eigenvalue weighted by molar-refractivity contribution is 0.160. The zero-order valence-corrected chi connectivity index (χ0v) is 15.3. The van der Waals surface area contributed by atoms with E-state index in [0.29, 0.717) is 17.4 Å². The monoisotopic (exact) mass is 356 g/mol. The Kier molecular flexibility index (Phi) is 5.49. The van der Waals surface area contributed by atoms with E-state index in [1.807, 2.05) is 6.92 Å². The average molecular weight is 357 g/mol. The molecule has 0 saturated heterocycles. The first kappa shape index (κ1) is 17.0. The zero-order chi connectivity index (χ0) is 15.6. The van der Waals surface area contributed by atoms with Gasteiger partial charge in [-0.3, -0.25) is 16.0 Å². The first-order valence-electron chi connectivity index (χ1n) is 8.06. The summed E-state index contributed by atoms with van der Waals surface area (Å²) in [4.78, 5) is 0. The Labute approximate surface area is 137 Å². The Morgan fingerprint density at radius 1 is 1.43 bits per heavy atom. The smallest absolute Gasteiger partial charge is 0.0738 e. The van der Waals surface area contributed by atoms with E-state index >= 15 is 0 Å². The van der Waals surface area contributed by atoms with Crippen molar-refractivity contribution in [2.24, 2.45) is 17.2 Å². The van der Waals surface area contributed by atoms with Crippen molar-refractivity contribution in [3.8, 4) is 0 Å². The van der Waals surface area contributed by atoms with Crippen molar-refractivity contribution in [1.82, 2.24) is 15.2 Å². The molecule has 0 bridgehead atoms. The van der Waals surface area contributed by atoms with Crippen molar-refractivity contribution >= 4 is 15.9 Å². The molecule has 1 aromatic rings. The molecular weight excluding hydrogens is 328 g/mol. The fraction of sp³-hybridized carbons (Fsp3) is 0.812. The molecule has 0 spiro atoms. The third kappa shape index (κ3) is 3.88. The van der Waals surface area contributed by atoms with Crippen LogP contribution in [-0.4, -0.2) is 15.8 Å². The summed E-state index contributed by atoms with van der Waals surface area (Å²) in [5, 5.41) is 4.59. The van der Waals surface area contributed by atoms with Crippen LogP contribution in [0.15, 0.2) is 4.47 Å². The number of aryl methyl sites for hydroxylation is 2. The maximum Gasteiger partial charge on any atom is 0.0738 e. The fourth-order valence-corrected chi connectivity index (χ4v) is 3.90. The second-order valence-corrected chi connectivity index (χ2v) is 7.93. The van der Waals surface area contributed by atoms with Gasteiger partial charge in [-0.2, -0.15) is 5.10 Å². The third-order valence-electron chi connectivity index (χ3n) is 5.03. The van der Waals surface area contributed by atoms with E-state index in [0.717, 1.165) is 23.1 Å². The molecular formula is C16H29BrN4. The van der Waals surface area contributed by atoms with Gasteiger partial charge in [-0.1, -0.05) is 13.8 Å². The first-order valence-corrected chi connectivity index (χ1v) is 8.85. The topological polar surface area (TPSA) is 55.9 Å². The summed E-state index contributed by atoms with van der Waals surface area (Å²) >= 11 is 3.69. The number of hydrazine groups is 1. The number of nitrogens with zero attached hydrogens (tertiary/aromatic N) is 2. The van der Waals surface area contributed by atoms with Crippen LogP contribution >= 0.6 is 15.9 Å². The number of rotatable bonds is 5. The fourth-order valence-electron chi connectivity index (χ4n) is 3.46. The summed E-state index contributed by atoms with van der Waals surface area (Å²) in [5.74, 6) is 6.53. The molecule has 0 aliphatic heterocycles. The van der Waals surface area contributed by atoms with Crippen LogP contribution in [-0.2, 0) is 13.0 Å². The lowest BCUT2D eigenvalue weighted by Gasteiger charge is -2.37. The minimum Gasteiger partial charge on any atom is -0.271 e. The highest BCUT2D eigenvalue weighted by Crippen LogP contribution is 2.39. The molecule has 0 aromatic carbocycles. The highest BCUT2D eigenvalue weighted by molar-refractivity contribution is 9.10. The predicted molar refractivity (Wildman–Crippen MR) is 90.9 cm³/mol. The van der Waals surface area contributed by atoms with Crippen LogP contribution in [0.2, 0.25) is 0 Å². The summed E-state index contributed by atoms with van der Waals surface area (Å²) in [6.45, 7) is 9.83. The van der Waals surface area contributed by atoms with Gasteiger partial charge in [0.15, 0.2) is 0 Å². The van der Waals surface area contributed by atoms with Gasteiger partial charge in [0.05, 0.1) is 15.9 Å². The van der Waals surface area contributed by atoms with Crippen molar-refractivity contribution in [1.29, 1.82) is 0 Å². The average Bonchev–Trinajstić information content (AvgIpc) is 2.72. The molecule has 2 rings (SSSR count). The normalized spacial score (nSPS) is 20.7. The lowest BCUT2D eigenvalue weighted by Crippen LogP contribution is -2.44. The maximum atomic E-state index is 5.87. The van der Waals surface area contributed by atoms with Crippen molar-refractivity contribution < 1.29 is 0 Å². The van der Waals surface area contributed by atoms with Gasteiger partial charge in [-0.25, -0.2) is 0 Å². The van der Waals surface area contributed by atoms with Gasteiger partial charge in [0.25, 0.3) is 0 Å². The molecule has 1 heterocycles. The minimum atomic E-state index is 0.332. The standard InChI is InChI=1S/C16H29BrN4/c1-5-21-14(15(17)11(2)20-21)10-13(19-18)12-6-8-16(3,4)9-7-12/h12-13,19H,5-10,18H2,1-4H3. The molecule has 4 nitrogen and oxygen atoms in total. The Hall–Kier alpha value is -0.390. The SMILES string of the molecule is CCn1nc(C)c(Br)c1CC(NN)C1CCC(C)(C)CC1. The second-order valence-electron chi connectivity index (χ2n) is 7.14. The van der Waals surface area contributed by atoms with Crippen molar-refractivity contribution in [3.63, 3.8) is 0 Å². The molecule has 1 aliphatic carbocycles. The van der Waals surface area contributed by atoms with E-state index in [1.165, 1.54) is 31.4 Å². The van der Waals surface area contributed by atoms with Crippen LogP contribution in [0.3, 0.4) is 0 Å². The van der Waals surface area contributed by atoms with E-state index in [4.69, 9.17) is 5.84 Å². The summed E-state index contributed by atoms with van der Waals surface area (Å²) in [5.41, 5.74) is 5.90. The summed E-state index contributed by atoms with van der Waals surface area (Å²) < 4.78 is 3.23. The molecule has 21 heavy (non-hydrogen) atoms. The molecule has 0 amide bonds.